The Morgan fingerprint density at radius 2 is 1.47 bits per heavy atom. The van der Waals surface area contributed by atoms with Gasteiger partial charge in [0.05, 0.1) is 0 Å². The molecule has 0 aromatic heterocycles. The summed E-state index contributed by atoms with van der Waals surface area (Å²) in [4.78, 5) is 0. The van der Waals surface area contributed by atoms with Crippen LogP contribution in [0.1, 0.15) is 43.0 Å². The molecule has 0 heterocycles. The molecule has 1 nitrogen and oxygen atoms in total. The fourth-order valence-corrected chi connectivity index (χ4v) is 2.49. The van der Waals surface area contributed by atoms with E-state index in [1.165, 1.54) is 16.7 Å². The zero-order chi connectivity index (χ0) is 13.5. The van der Waals surface area contributed by atoms with Crippen molar-refractivity contribution in [2.24, 2.45) is 0 Å². The molecule has 1 N–H and O–H groups in total. The third-order valence-electron chi connectivity index (χ3n) is 3.65. The Balaban J connectivity index is 2.04. The van der Waals surface area contributed by atoms with Crippen LogP contribution in [0.25, 0.3) is 0 Å². The molecular formula is C18H23N. The van der Waals surface area contributed by atoms with E-state index < -0.39 is 0 Å². The first-order valence-electron chi connectivity index (χ1n) is 7.20. The maximum Gasteiger partial charge on any atom is 0.0320 e. The van der Waals surface area contributed by atoms with Crippen molar-refractivity contribution in [3.63, 3.8) is 0 Å². The average Bonchev–Trinajstić information content (AvgIpc) is 2.49. The predicted octanol–water partition coefficient (Wildman–Crippen LogP) is 4.49. The van der Waals surface area contributed by atoms with Gasteiger partial charge in [0.2, 0.25) is 0 Å². The van der Waals surface area contributed by atoms with Gasteiger partial charge in [-0.1, -0.05) is 68.4 Å². The lowest BCUT2D eigenvalue weighted by molar-refractivity contribution is 0.517. The van der Waals surface area contributed by atoms with Gasteiger partial charge in [0, 0.05) is 12.6 Å². The highest BCUT2D eigenvalue weighted by Crippen LogP contribution is 2.17. The third-order valence-corrected chi connectivity index (χ3v) is 3.65. The molecule has 0 aliphatic rings. The van der Waals surface area contributed by atoms with Gasteiger partial charge in [-0.15, -0.1) is 0 Å². The Labute approximate surface area is 116 Å². The second kappa shape index (κ2) is 7.10. The number of nitrogens with one attached hydrogen (secondary N) is 1. The topological polar surface area (TPSA) is 12.0 Å². The van der Waals surface area contributed by atoms with E-state index in [0.717, 1.165) is 19.4 Å². The van der Waals surface area contributed by atoms with Gasteiger partial charge >= 0.3 is 0 Å². The van der Waals surface area contributed by atoms with Crippen molar-refractivity contribution in [2.45, 2.75) is 39.3 Å². The number of hydrogen-bond acceptors (Lipinski definition) is 1. The van der Waals surface area contributed by atoms with E-state index in [1.807, 2.05) is 0 Å². The maximum absolute atomic E-state index is 3.68. The summed E-state index contributed by atoms with van der Waals surface area (Å²) >= 11 is 0. The van der Waals surface area contributed by atoms with Crippen LogP contribution in [0.4, 0.5) is 0 Å². The Bertz CT molecular complexity index is 490. The van der Waals surface area contributed by atoms with Gasteiger partial charge < -0.3 is 5.32 Å². The number of rotatable bonds is 6. The van der Waals surface area contributed by atoms with Crippen LogP contribution in [0.2, 0.25) is 0 Å². The minimum absolute atomic E-state index is 0.436. The fourth-order valence-electron chi connectivity index (χ4n) is 2.49. The minimum atomic E-state index is 0.436. The van der Waals surface area contributed by atoms with Crippen molar-refractivity contribution in [3.05, 3.63) is 71.3 Å². The molecule has 0 aliphatic carbocycles. The van der Waals surface area contributed by atoms with Gasteiger partial charge in [0.1, 0.15) is 0 Å². The molecule has 19 heavy (non-hydrogen) atoms. The van der Waals surface area contributed by atoms with Crippen LogP contribution >= 0.6 is 0 Å². The van der Waals surface area contributed by atoms with E-state index in [1.54, 1.807) is 0 Å². The standard InChI is InChI=1S/C18H23N/c1-3-15-10-8-9-13-17(15)14-19-18(4-2)16-11-6-5-7-12-16/h5-13,18-19H,3-4,14H2,1-2H3. The van der Waals surface area contributed by atoms with E-state index >= 15 is 0 Å². The second-order valence-electron chi connectivity index (χ2n) is 4.87. The van der Waals surface area contributed by atoms with Crippen molar-refractivity contribution in [1.82, 2.24) is 5.32 Å². The first kappa shape index (κ1) is 13.8. The van der Waals surface area contributed by atoms with Crippen LogP contribution in [-0.4, -0.2) is 0 Å². The van der Waals surface area contributed by atoms with Gasteiger partial charge in [0.15, 0.2) is 0 Å². The first-order valence-corrected chi connectivity index (χ1v) is 7.20. The SMILES string of the molecule is CCc1ccccc1CNC(CC)c1ccccc1. The molecule has 0 amide bonds. The Morgan fingerprint density at radius 3 is 2.11 bits per heavy atom. The van der Waals surface area contributed by atoms with Crippen LogP contribution in [0.3, 0.4) is 0 Å². The molecule has 100 valence electrons. The zero-order valence-electron chi connectivity index (χ0n) is 11.9. The van der Waals surface area contributed by atoms with Crippen molar-refractivity contribution in [2.75, 3.05) is 0 Å². The van der Waals surface area contributed by atoms with Crippen molar-refractivity contribution >= 4 is 0 Å². The van der Waals surface area contributed by atoms with Crippen LogP contribution in [0, 0.1) is 0 Å². The molecule has 1 unspecified atom stereocenters. The molecule has 0 bridgehead atoms. The molecular weight excluding hydrogens is 230 g/mol. The monoisotopic (exact) mass is 253 g/mol. The molecule has 0 radical (unpaired) electrons. The third kappa shape index (κ3) is 3.68. The smallest absolute Gasteiger partial charge is 0.0320 e. The Morgan fingerprint density at radius 1 is 0.842 bits per heavy atom. The van der Waals surface area contributed by atoms with E-state index in [-0.39, 0.29) is 0 Å². The second-order valence-corrected chi connectivity index (χ2v) is 4.87. The van der Waals surface area contributed by atoms with Gasteiger partial charge in [-0.05, 0) is 29.5 Å². The molecule has 0 fully saturated rings. The molecule has 2 rings (SSSR count). The quantitative estimate of drug-likeness (QED) is 0.799. The normalized spacial score (nSPS) is 12.3. The predicted molar refractivity (Wildman–Crippen MR) is 82.1 cm³/mol. The van der Waals surface area contributed by atoms with Gasteiger partial charge in [-0.25, -0.2) is 0 Å². The number of hydrogen-bond donors (Lipinski definition) is 1. The molecule has 0 saturated carbocycles. The van der Waals surface area contributed by atoms with Crippen molar-refractivity contribution in [1.29, 1.82) is 0 Å². The fraction of sp³-hybridized carbons (Fsp3) is 0.333. The maximum atomic E-state index is 3.68. The van der Waals surface area contributed by atoms with Gasteiger partial charge in [0.25, 0.3) is 0 Å². The highest BCUT2D eigenvalue weighted by atomic mass is 14.9. The number of benzene rings is 2. The Kier molecular flexibility index (Phi) is 5.17. The zero-order valence-corrected chi connectivity index (χ0v) is 11.9. The van der Waals surface area contributed by atoms with Crippen molar-refractivity contribution in [3.8, 4) is 0 Å². The highest BCUT2D eigenvalue weighted by molar-refractivity contribution is 5.27. The lowest BCUT2D eigenvalue weighted by Crippen LogP contribution is -2.20. The number of aryl methyl sites for hydroxylation is 1. The molecule has 2 aromatic rings. The molecule has 0 spiro atoms. The summed E-state index contributed by atoms with van der Waals surface area (Å²) < 4.78 is 0. The van der Waals surface area contributed by atoms with E-state index in [2.05, 4.69) is 73.8 Å². The molecule has 0 saturated heterocycles. The minimum Gasteiger partial charge on any atom is -0.306 e. The van der Waals surface area contributed by atoms with Crippen LogP contribution < -0.4 is 5.32 Å². The van der Waals surface area contributed by atoms with E-state index in [4.69, 9.17) is 0 Å². The van der Waals surface area contributed by atoms with Crippen LogP contribution in [0.15, 0.2) is 54.6 Å². The molecule has 0 aliphatic heterocycles. The average molecular weight is 253 g/mol. The van der Waals surface area contributed by atoms with E-state index in [9.17, 15) is 0 Å². The van der Waals surface area contributed by atoms with E-state index in [0.29, 0.717) is 6.04 Å². The summed E-state index contributed by atoms with van der Waals surface area (Å²) in [5.41, 5.74) is 4.23. The molecule has 2 aromatic carbocycles. The van der Waals surface area contributed by atoms with Crippen LogP contribution in [-0.2, 0) is 13.0 Å². The highest BCUT2D eigenvalue weighted by Gasteiger charge is 2.08. The summed E-state index contributed by atoms with van der Waals surface area (Å²) in [5, 5.41) is 3.68. The summed E-state index contributed by atoms with van der Waals surface area (Å²) in [6, 6.07) is 19.8. The Hall–Kier alpha value is -1.60. The van der Waals surface area contributed by atoms with Crippen LogP contribution in [0.5, 0.6) is 0 Å². The van der Waals surface area contributed by atoms with Crippen molar-refractivity contribution < 1.29 is 0 Å². The largest absolute Gasteiger partial charge is 0.306 e. The summed E-state index contributed by atoms with van der Waals surface area (Å²) in [5.74, 6) is 0. The molecule has 1 atom stereocenters. The molecule has 1 heteroatoms. The first-order chi connectivity index (χ1) is 9.35. The summed E-state index contributed by atoms with van der Waals surface area (Å²) in [6.45, 7) is 5.39. The lowest BCUT2D eigenvalue weighted by atomic mass is 10.0. The van der Waals surface area contributed by atoms with Gasteiger partial charge in [-0.3, -0.25) is 0 Å². The lowest BCUT2D eigenvalue weighted by Gasteiger charge is -2.18. The van der Waals surface area contributed by atoms with Gasteiger partial charge in [-0.2, -0.15) is 0 Å². The summed E-state index contributed by atoms with van der Waals surface area (Å²) in [7, 11) is 0. The summed E-state index contributed by atoms with van der Waals surface area (Å²) in [6.07, 6.45) is 2.21.